The first kappa shape index (κ1) is 12.3. The van der Waals surface area contributed by atoms with Crippen LogP contribution >= 0.6 is 0 Å². The second-order valence-corrected chi connectivity index (χ2v) is 4.82. The van der Waals surface area contributed by atoms with Gasteiger partial charge in [0, 0.05) is 39.3 Å². The third kappa shape index (κ3) is 4.01. The van der Waals surface area contributed by atoms with Crippen molar-refractivity contribution in [3.8, 4) is 0 Å². The summed E-state index contributed by atoms with van der Waals surface area (Å²) in [4.78, 5) is 2.51. The van der Waals surface area contributed by atoms with Crippen molar-refractivity contribution in [2.45, 2.75) is 32.0 Å². The number of hydrogen-bond acceptors (Lipinski definition) is 4. The van der Waals surface area contributed by atoms with E-state index in [2.05, 4.69) is 17.1 Å². The molecule has 94 valence electrons. The molecule has 0 spiro atoms. The number of morpholine rings is 1. The molecular weight excluding hydrogens is 204 g/mol. The van der Waals surface area contributed by atoms with E-state index in [0.717, 1.165) is 52.2 Å². The van der Waals surface area contributed by atoms with Gasteiger partial charge in [0.1, 0.15) is 0 Å². The molecule has 0 aromatic heterocycles. The van der Waals surface area contributed by atoms with E-state index in [1.54, 1.807) is 0 Å². The van der Waals surface area contributed by atoms with Gasteiger partial charge in [-0.15, -0.1) is 0 Å². The molecule has 0 bridgehead atoms. The fourth-order valence-corrected chi connectivity index (χ4v) is 2.42. The molecule has 0 aliphatic carbocycles. The molecule has 0 amide bonds. The van der Waals surface area contributed by atoms with Crippen LogP contribution in [0.4, 0.5) is 0 Å². The highest BCUT2D eigenvalue weighted by Gasteiger charge is 2.18. The minimum absolute atomic E-state index is 0.382. The Labute approximate surface area is 98.3 Å². The van der Waals surface area contributed by atoms with E-state index < -0.39 is 0 Å². The van der Waals surface area contributed by atoms with Crippen LogP contribution in [-0.2, 0) is 9.47 Å². The van der Waals surface area contributed by atoms with Crippen LogP contribution in [0.5, 0.6) is 0 Å². The first-order chi connectivity index (χ1) is 7.84. The van der Waals surface area contributed by atoms with E-state index in [1.807, 2.05) is 0 Å². The van der Waals surface area contributed by atoms with E-state index in [9.17, 15) is 0 Å². The minimum atomic E-state index is 0.382. The van der Waals surface area contributed by atoms with Crippen LogP contribution in [0.25, 0.3) is 0 Å². The predicted octanol–water partition coefficient (Wildman–Crippen LogP) is 0.476. The van der Waals surface area contributed by atoms with E-state index >= 15 is 0 Å². The van der Waals surface area contributed by atoms with E-state index in [-0.39, 0.29) is 0 Å². The van der Waals surface area contributed by atoms with Gasteiger partial charge in [0.05, 0.1) is 18.8 Å². The molecule has 2 rings (SSSR count). The van der Waals surface area contributed by atoms with Gasteiger partial charge in [0.15, 0.2) is 0 Å². The number of nitrogens with one attached hydrogen (secondary N) is 1. The fourth-order valence-electron chi connectivity index (χ4n) is 2.42. The van der Waals surface area contributed by atoms with Crippen molar-refractivity contribution < 1.29 is 9.47 Å². The lowest BCUT2D eigenvalue weighted by atomic mass is 10.2. The molecule has 2 fully saturated rings. The topological polar surface area (TPSA) is 33.7 Å². The van der Waals surface area contributed by atoms with Crippen molar-refractivity contribution in [3.63, 3.8) is 0 Å². The molecule has 2 atom stereocenters. The Bertz CT molecular complexity index is 195. The van der Waals surface area contributed by atoms with Crippen LogP contribution in [0.15, 0.2) is 0 Å². The molecule has 2 heterocycles. The third-order valence-corrected chi connectivity index (χ3v) is 3.31. The Morgan fingerprint density at radius 3 is 3.06 bits per heavy atom. The van der Waals surface area contributed by atoms with Crippen LogP contribution < -0.4 is 5.32 Å². The Morgan fingerprint density at radius 2 is 2.25 bits per heavy atom. The Balaban J connectivity index is 1.67. The van der Waals surface area contributed by atoms with Gasteiger partial charge in [-0.2, -0.15) is 0 Å². The zero-order chi connectivity index (χ0) is 11.2. The zero-order valence-corrected chi connectivity index (χ0v) is 10.3. The van der Waals surface area contributed by atoms with Gasteiger partial charge >= 0.3 is 0 Å². The highest BCUT2D eigenvalue weighted by atomic mass is 16.5. The van der Waals surface area contributed by atoms with Crippen molar-refractivity contribution in [1.82, 2.24) is 10.2 Å². The highest BCUT2D eigenvalue weighted by Crippen LogP contribution is 2.08. The van der Waals surface area contributed by atoms with Gasteiger partial charge < -0.3 is 19.7 Å². The summed E-state index contributed by atoms with van der Waals surface area (Å²) in [6.07, 6.45) is 3.09. The average molecular weight is 228 g/mol. The Hall–Kier alpha value is -0.160. The molecule has 0 aromatic rings. The number of ether oxygens (including phenoxy) is 2. The molecule has 4 nitrogen and oxygen atoms in total. The molecular formula is C12H24N2O2. The average Bonchev–Trinajstić information content (AvgIpc) is 2.52. The van der Waals surface area contributed by atoms with Crippen molar-refractivity contribution in [3.05, 3.63) is 0 Å². The maximum atomic E-state index is 5.71. The van der Waals surface area contributed by atoms with E-state index in [0.29, 0.717) is 12.2 Å². The SMILES string of the molecule is CC1CN(CCC2CNCCO2)CCCO1. The van der Waals surface area contributed by atoms with Crippen molar-refractivity contribution >= 4 is 0 Å². The smallest absolute Gasteiger partial charge is 0.0712 e. The molecule has 0 aromatic carbocycles. The molecule has 2 unspecified atom stereocenters. The van der Waals surface area contributed by atoms with Gasteiger partial charge in [-0.1, -0.05) is 0 Å². The summed E-state index contributed by atoms with van der Waals surface area (Å²) < 4.78 is 11.3. The summed E-state index contributed by atoms with van der Waals surface area (Å²) in [5.41, 5.74) is 0. The number of nitrogens with zero attached hydrogens (tertiary/aromatic N) is 1. The molecule has 2 saturated heterocycles. The van der Waals surface area contributed by atoms with Crippen LogP contribution in [0.2, 0.25) is 0 Å². The van der Waals surface area contributed by atoms with Crippen molar-refractivity contribution in [2.75, 3.05) is 45.9 Å². The molecule has 2 aliphatic heterocycles. The van der Waals surface area contributed by atoms with Crippen molar-refractivity contribution in [1.29, 1.82) is 0 Å². The molecule has 1 N–H and O–H groups in total. The largest absolute Gasteiger partial charge is 0.377 e. The lowest BCUT2D eigenvalue weighted by molar-refractivity contribution is 0.0149. The summed E-state index contributed by atoms with van der Waals surface area (Å²) in [7, 11) is 0. The Morgan fingerprint density at radius 1 is 1.31 bits per heavy atom. The maximum absolute atomic E-state index is 5.71. The molecule has 4 heteroatoms. The van der Waals surface area contributed by atoms with E-state index in [4.69, 9.17) is 9.47 Å². The standard InChI is InChI=1S/C12H24N2O2/c1-11-10-14(5-2-7-15-11)6-3-12-9-13-4-8-16-12/h11-13H,2-10H2,1H3. The van der Waals surface area contributed by atoms with Gasteiger partial charge in [-0.25, -0.2) is 0 Å². The summed E-state index contributed by atoms with van der Waals surface area (Å²) in [5, 5.41) is 3.38. The van der Waals surface area contributed by atoms with Gasteiger partial charge in [-0.05, 0) is 19.8 Å². The number of hydrogen-bond donors (Lipinski definition) is 1. The predicted molar refractivity (Wildman–Crippen MR) is 63.7 cm³/mol. The monoisotopic (exact) mass is 228 g/mol. The lowest BCUT2D eigenvalue weighted by Crippen LogP contribution is -2.41. The minimum Gasteiger partial charge on any atom is -0.377 e. The fraction of sp³-hybridized carbons (Fsp3) is 1.00. The van der Waals surface area contributed by atoms with Crippen LogP contribution in [-0.4, -0.2) is 63.0 Å². The molecule has 2 aliphatic rings. The van der Waals surface area contributed by atoms with Gasteiger partial charge in [0.2, 0.25) is 0 Å². The maximum Gasteiger partial charge on any atom is 0.0712 e. The third-order valence-electron chi connectivity index (χ3n) is 3.31. The molecule has 16 heavy (non-hydrogen) atoms. The molecule has 0 saturated carbocycles. The number of rotatable bonds is 3. The van der Waals surface area contributed by atoms with Crippen molar-refractivity contribution in [2.24, 2.45) is 0 Å². The lowest BCUT2D eigenvalue weighted by Gasteiger charge is -2.27. The second kappa shape index (κ2) is 6.55. The summed E-state index contributed by atoms with van der Waals surface area (Å²) >= 11 is 0. The van der Waals surface area contributed by atoms with Gasteiger partial charge in [0.25, 0.3) is 0 Å². The zero-order valence-electron chi connectivity index (χ0n) is 10.3. The van der Waals surface area contributed by atoms with Crippen LogP contribution in [0.1, 0.15) is 19.8 Å². The Kier molecular flexibility index (Phi) is 5.03. The summed E-state index contributed by atoms with van der Waals surface area (Å²) in [6.45, 7) is 9.34. The first-order valence-corrected chi connectivity index (χ1v) is 6.51. The molecule has 0 radical (unpaired) electrons. The van der Waals surface area contributed by atoms with Crippen LogP contribution in [0.3, 0.4) is 0 Å². The summed E-state index contributed by atoms with van der Waals surface area (Å²) in [6, 6.07) is 0. The van der Waals surface area contributed by atoms with Crippen LogP contribution in [0, 0.1) is 0 Å². The van der Waals surface area contributed by atoms with E-state index in [1.165, 1.54) is 6.54 Å². The quantitative estimate of drug-likeness (QED) is 0.761. The summed E-state index contributed by atoms with van der Waals surface area (Å²) in [5.74, 6) is 0. The van der Waals surface area contributed by atoms with Gasteiger partial charge in [-0.3, -0.25) is 0 Å². The second-order valence-electron chi connectivity index (χ2n) is 4.82. The normalized spacial score (nSPS) is 33.6. The highest BCUT2D eigenvalue weighted by molar-refractivity contribution is 4.72. The first-order valence-electron chi connectivity index (χ1n) is 6.51.